The zero-order valence-corrected chi connectivity index (χ0v) is 9.56. The fourth-order valence-electron chi connectivity index (χ4n) is 1.81. The maximum Gasteiger partial charge on any atom is 0.0438 e. The van der Waals surface area contributed by atoms with Gasteiger partial charge in [0.2, 0.25) is 0 Å². The molecule has 14 heavy (non-hydrogen) atoms. The van der Waals surface area contributed by atoms with Gasteiger partial charge >= 0.3 is 0 Å². The van der Waals surface area contributed by atoms with E-state index in [-0.39, 0.29) is 0 Å². The molecule has 4 N–H and O–H groups in total. The van der Waals surface area contributed by atoms with Crippen LogP contribution in [0, 0.1) is 0 Å². The van der Waals surface area contributed by atoms with Gasteiger partial charge in [0, 0.05) is 31.0 Å². The van der Waals surface area contributed by atoms with Crippen LogP contribution in [0.5, 0.6) is 0 Å². The number of hydrogen-bond acceptors (Lipinski definition) is 4. The van der Waals surface area contributed by atoms with Crippen molar-refractivity contribution in [2.45, 2.75) is 37.8 Å². The molecule has 1 aliphatic rings. The highest BCUT2D eigenvalue weighted by molar-refractivity contribution is 7.99. The highest BCUT2D eigenvalue weighted by Crippen LogP contribution is 2.16. The van der Waals surface area contributed by atoms with Gasteiger partial charge in [-0.15, -0.1) is 0 Å². The number of thioether (sulfide) groups is 1. The Morgan fingerprint density at radius 1 is 1.36 bits per heavy atom. The van der Waals surface area contributed by atoms with E-state index in [9.17, 15) is 0 Å². The second kappa shape index (κ2) is 7.51. The van der Waals surface area contributed by atoms with E-state index in [2.05, 4.69) is 5.32 Å². The van der Waals surface area contributed by atoms with Crippen LogP contribution in [0.1, 0.15) is 25.7 Å². The van der Waals surface area contributed by atoms with Crippen molar-refractivity contribution in [3.63, 3.8) is 0 Å². The van der Waals surface area contributed by atoms with Gasteiger partial charge in [-0.25, -0.2) is 0 Å². The van der Waals surface area contributed by atoms with Crippen LogP contribution in [0.15, 0.2) is 0 Å². The summed E-state index contributed by atoms with van der Waals surface area (Å²) < 4.78 is 0. The van der Waals surface area contributed by atoms with Gasteiger partial charge in [0.05, 0.1) is 0 Å². The van der Waals surface area contributed by atoms with Gasteiger partial charge in [-0.2, -0.15) is 11.8 Å². The van der Waals surface area contributed by atoms with E-state index in [4.69, 9.17) is 10.8 Å². The first-order chi connectivity index (χ1) is 6.83. The van der Waals surface area contributed by atoms with Crippen LogP contribution < -0.4 is 11.1 Å². The van der Waals surface area contributed by atoms with Gasteiger partial charge in [0.15, 0.2) is 0 Å². The Labute approximate surface area is 90.8 Å². The molecular weight excluding hydrogens is 196 g/mol. The van der Waals surface area contributed by atoms with Crippen LogP contribution in [0.25, 0.3) is 0 Å². The minimum atomic E-state index is 0.317. The van der Waals surface area contributed by atoms with E-state index in [0.717, 1.165) is 30.9 Å². The first kappa shape index (κ1) is 12.3. The third-order valence-corrected chi connectivity index (χ3v) is 3.67. The summed E-state index contributed by atoms with van der Waals surface area (Å²) in [6.07, 6.45) is 4.47. The summed E-state index contributed by atoms with van der Waals surface area (Å²) in [4.78, 5) is 0. The normalized spacial score (nSPS) is 27.0. The predicted molar refractivity (Wildman–Crippen MR) is 62.6 cm³/mol. The van der Waals surface area contributed by atoms with Crippen molar-refractivity contribution < 1.29 is 5.11 Å². The van der Waals surface area contributed by atoms with Crippen molar-refractivity contribution in [2.75, 3.05) is 24.7 Å². The summed E-state index contributed by atoms with van der Waals surface area (Å²) in [6, 6.07) is 1.08. The first-order valence-corrected chi connectivity index (χ1v) is 6.66. The molecule has 4 heteroatoms. The Bertz CT molecular complexity index is 146. The lowest BCUT2D eigenvalue weighted by Crippen LogP contribution is -2.30. The van der Waals surface area contributed by atoms with Gasteiger partial charge in [0.1, 0.15) is 0 Å². The molecule has 0 bridgehead atoms. The zero-order valence-electron chi connectivity index (χ0n) is 8.74. The van der Waals surface area contributed by atoms with E-state index in [1.54, 1.807) is 0 Å². The molecule has 1 rings (SSSR count). The van der Waals surface area contributed by atoms with Crippen LogP contribution >= 0.6 is 11.8 Å². The minimum absolute atomic E-state index is 0.317. The Morgan fingerprint density at radius 3 is 2.86 bits per heavy atom. The second-order valence-corrected chi connectivity index (χ2v) is 5.14. The van der Waals surface area contributed by atoms with Crippen molar-refractivity contribution in [1.82, 2.24) is 5.32 Å². The molecule has 0 aromatic carbocycles. The topological polar surface area (TPSA) is 58.3 Å². The summed E-state index contributed by atoms with van der Waals surface area (Å²) in [5.41, 5.74) is 5.82. The lowest BCUT2D eigenvalue weighted by Gasteiger charge is -2.11. The smallest absolute Gasteiger partial charge is 0.0438 e. The molecule has 0 amide bonds. The van der Waals surface area contributed by atoms with Gasteiger partial charge < -0.3 is 16.2 Å². The molecule has 0 aliphatic heterocycles. The quantitative estimate of drug-likeness (QED) is 0.547. The van der Waals surface area contributed by atoms with Crippen molar-refractivity contribution in [2.24, 2.45) is 5.73 Å². The summed E-state index contributed by atoms with van der Waals surface area (Å²) in [5, 5.41) is 12.1. The van der Waals surface area contributed by atoms with Gasteiger partial charge in [-0.3, -0.25) is 0 Å². The number of hydrogen-bond donors (Lipinski definition) is 3. The number of aliphatic hydroxyl groups excluding tert-OH is 1. The number of aliphatic hydroxyl groups is 1. The molecule has 0 aromatic heterocycles. The monoisotopic (exact) mass is 218 g/mol. The maximum atomic E-state index is 8.58. The largest absolute Gasteiger partial charge is 0.396 e. The van der Waals surface area contributed by atoms with Crippen molar-refractivity contribution in [3.05, 3.63) is 0 Å². The van der Waals surface area contributed by atoms with E-state index < -0.39 is 0 Å². The molecule has 84 valence electrons. The average Bonchev–Trinajstić information content (AvgIpc) is 2.58. The molecule has 1 fully saturated rings. The molecule has 1 saturated carbocycles. The average molecular weight is 218 g/mol. The first-order valence-electron chi connectivity index (χ1n) is 5.50. The lowest BCUT2D eigenvalue weighted by atomic mass is 10.2. The van der Waals surface area contributed by atoms with Crippen molar-refractivity contribution in [1.29, 1.82) is 0 Å². The molecule has 0 spiro atoms. The molecular formula is C10H22N2OS. The molecule has 0 aromatic rings. The maximum absolute atomic E-state index is 8.58. The van der Waals surface area contributed by atoms with E-state index >= 15 is 0 Å². The second-order valence-electron chi connectivity index (χ2n) is 3.91. The Hall–Kier alpha value is 0.230. The lowest BCUT2D eigenvalue weighted by molar-refractivity contribution is 0.296. The predicted octanol–water partition coefficient (Wildman–Crippen LogP) is 0.571. The highest BCUT2D eigenvalue weighted by Gasteiger charge is 2.20. The highest BCUT2D eigenvalue weighted by atomic mass is 32.2. The number of rotatable bonds is 7. The summed E-state index contributed by atoms with van der Waals surface area (Å²) in [7, 11) is 0. The van der Waals surface area contributed by atoms with E-state index in [0.29, 0.717) is 18.7 Å². The van der Waals surface area contributed by atoms with Crippen LogP contribution in [0.2, 0.25) is 0 Å². The Kier molecular flexibility index (Phi) is 6.60. The van der Waals surface area contributed by atoms with Crippen LogP contribution in [0.3, 0.4) is 0 Å². The molecule has 0 heterocycles. The minimum Gasteiger partial charge on any atom is -0.396 e. The molecule has 0 radical (unpaired) electrons. The standard InChI is InChI=1S/C10H22N2OS/c11-9-2-3-10(8-9)12-4-7-14-6-1-5-13/h9-10,12-13H,1-8,11H2. The number of nitrogens with one attached hydrogen (secondary N) is 1. The van der Waals surface area contributed by atoms with Gasteiger partial charge in [0.25, 0.3) is 0 Å². The summed E-state index contributed by atoms with van der Waals surface area (Å²) >= 11 is 1.91. The number of nitrogens with two attached hydrogens (primary N) is 1. The third-order valence-electron chi connectivity index (χ3n) is 2.60. The van der Waals surface area contributed by atoms with Crippen LogP contribution in [0.4, 0.5) is 0 Å². The molecule has 3 nitrogen and oxygen atoms in total. The Morgan fingerprint density at radius 2 is 2.21 bits per heavy atom. The Balaban J connectivity index is 1.84. The van der Waals surface area contributed by atoms with Crippen molar-refractivity contribution in [3.8, 4) is 0 Å². The van der Waals surface area contributed by atoms with Gasteiger partial charge in [-0.05, 0) is 31.4 Å². The SMILES string of the molecule is NC1CCC(NCCSCCCO)C1. The van der Waals surface area contributed by atoms with E-state index in [1.165, 1.54) is 12.8 Å². The third kappa shape index (κ3) is 5.20. The molecule has 2 atom stereocenters. The van der Waals surface area contributed by atoms with Crippen LogP contribution in [-0.2, 0) is 0 Å². The van der Waals surface area contributed by atoms with E-state index in [1.807, 2.05) is 11.8 Å². The molecule has 2 unspecified atom stereocenters. The van der Waals surface area contributed by atoms with Crippen molar-refractivity contribution >= 4 is 11.8 Å². The fourth-order valence-corrected chi connectivity index (χ4v) is 2.61. The molecule has 0 saturated heterocycles. The summed E-state index contributed by atoms with van der Waals surface area (Å²) in [5.74, 6) is 2.22. The summed E-state index contributed by atoms with van der Waals surface area (Å²) in [6.45, 7) is 1.39. The van der Waals surface area contributed by atoms with Crippen LogP contribution in [-0.4, -0.2) is 41.8 Å². The molecule has 1 aliphatic carbocycles. The fraction of sp³-hybridized carbons (Fsp3) is 1.00. The zero-order chi connectivity index (χ0) is 10.2. The van der Waals surface area contributed by atoms with Gasteiger partial charge in [-0.1, -0.05) is 0 Å².